The summed E-state index contributed by atoms with van der Waals surface area (Å²) in [4.78, 5) is 19.6. The van der Waals surface area contributed by atoms with E-state index in [1.54, 1.807) is 6.07 Å². The molecule has 0 N–H and O–H groups in total. The summed E-state index contributed by atoms with van der Waals surface area (Å²) >= 11 is 0. The molecule has 2 fully saturated rings. The molecular formula is C23H27N5O4. The number of hydrogen-bond acceptors (Lipinski definition) is 7. The first-order chi connectivity index (χ1) is 18.2. The molecule has 6 rings (SSSR count). The zero-order valence-electron chi connectivity index (χ0n) is 24.5. The van der Waals surface area contributed by atoms with Gasteiger partial charge in [-0.2, -0.15) is 4.98 Å². The van der Waals surface area contributed by atoms with E-state index >= 15 is 0 Å². The predicted octanol–water partition coefficient (Wildman–Crippen LogP) is 2.43. The minimum Gasteiger partial charge on any atom is -0.490 e. The van der Waals surface area contributed by atoms with Crippen LogP contribution in [0.3, 0.4) is 0 Å². The maximum atomic E-state index is 12.9. The van der Waals surface area contributed by atoms with Gasteiger partial charge in [-0.05, 0) is 31.9 Å². The van der Waals surface area contributed by atoms with E-state index in [0.717, 1.165) is 24.1 Å². The summed E-state index contributed by atoms with van der Waals surface area (Å²) in [6, 6.07) is 4.62. The van der Waals surface area contributed by atoms with E-state index in [4.69, 9.17) is 23.8 Å². The lowest BCUT2D eigenvalue weighted by Gasteiger charge is -2.34. The van der Waals surface area contributed by atoms with Crippen molar-refractivity contribution in [3.8, 4) is 17.2 Å². The lowest BCUT2D eigenvalue weighted by Crippen LogP contribution is -2.39. The molecule has 1 saturated carbocycles. The zero-order chi connectivity index (χ0) is 27.9. The van der Waals surface area contributed by atoms with Crippen LogP contribution in [-0.2, 0) is 6.98 Å². The summed E-state index contributed by atoms with van der Waals surface area (Å²) in [5, 5.41) is 4.05. The van der Waals surface area contributed by atoms with Crippen LogP contribution >= 0.6 is 0 Å². The van der Waals surface area contributed by atoms with Crippen molar-refractivity contribution in [2.75, 3.05) is 31.1 Å². The average Bonchev–Trinajstić information content (AvgIpc) is 3.62. The first-order valence-electron chi connectivity index (χ1n) is 14.2. The van der Waals surface area contributed by atoms with Crippen LogP contribution in [0.2, 0.25) is 0 Å². The maximum absolute atomic E-state index is 12.9. The van der Waals surface area contributed by atoms with Crippen LogP contribution < -0.4 is 24.8 Å². The number of rotatable bonds is 4. The van der Waals surface area contributed by atoms with Crippen molar-refractivity contribution in [2.45, 2.75) is 44.6 Å². The number of anilines is 1. The molecule has 9 nitrogen and oxygen atoms in total. The van der Waals surface area contributed by atoms with Gasteiger partial charge in [0, 0.05) is 60.3 Å². The summed E-state index contributed by atoms with van der Waals surface area (Å²) in [6.45, 7) is -4.85. The lowest BCUT2D eigenvalue weighted by atomic mass is 10.1. The summed E-state index contributed by atoms with van der Waals surface area (Å²) in [6.07, 6.45) is 3.00. The number of hydrogen-bond donors (Lipinski definition) is 0. The third-order valence-corrected chi connectivity index (χ3v) is 6.22. The van der Waals surface area contributed by atoms with Gasteiger partial charge in [0.2, 0.25) is 0 Å². The summed E-state index contributed by atoms with van der Waals surface area (Å²) in [7, 11) is 0. The molecule has 2 aromatic heterocycles. The Morgan fingerprint density at radius 1 is 1.16 bits per heavy atom. The van der Waals surface area contributed by atoms with Gasteiger partial charge in [0.25, 0.3) is 5.78 Å². The molecule has 9 heteroatoms. The van der Waals surface area contributed by atoms with Gasteiger partial charge in [-0.15, -0.1) is 5.10 Å². The Labute approximate surface area is 195 Å². The van der Waals surface area contributed by atoms with Crippen molar-refractivity contribution in [1.82, 2.24) is 19.2 Å². The molecule has 3 aromatic rings. The second-order valence-electron chi connectivity index (χ2n) is 8.37. The van der Waals surface area contributed by atoms with Crippen LogP contribution in [0.15, 0.2) is 23.0 Å². The van der Waals surface area contributed by atoms with E-state index in [9.17, 15) is 4.79 Å². The fourth-order valence-corrected chi connectivity index (χ4v) is 4.51. The monoisotopic (exact) mass is 444 g/mol. The standard InChI is InChI=1S/C23H27N5O4/c1-14-20(15-3-4-15)28-22(25-26(2)23(28)29)24-21(14)27-9-7-16(8-10-27)32-17-5-6-18-19(13-17)31-12-11-30-18/h5-6,13,15-16H,3-4,7-12H2,1-2H3/i2D3,11D2,12D2. The number of aryl methyl sites for hydroxylation is 1. The lowest BCUT2D eigenvalue weighted by molar-refractivity contribution is 0.159. The van der Waals surface area contributed by atoms with E-state index in [2.05, 4.69) is 15.0 Å². The zero-order valence-corrected chi connectivity index (χ0v) is 17.5. The highest BCUT2D eigenvalue weighted by Gasteiger charge is 2.33. The Morgan fingerprint density at radius 3 is 2.69 bits per heavy atom. The van der Waals surface area contributed by atoms with Gasteiger partial charge in [0.05, 0.1) is 5.48 Å². The minimum absolute atomic E-state index is 0.0672. The van der Waals surface area contributed by atoms with Gasteiger partial charge in [0.15, 0.2) is 11.5 Å². The summed E-state index contributed by atoms with van der Waals surface area (Å²) in [5.41, 5.74) is 0.914. The van der Waals surface area contributed by atoms with E-state index in [1.807, 2.05) is 6.92 Å². The van der Waals surface area contributed by atoms with Crippen molar-refractivity contribution < 1.29 is 23.8 Å². The van der Waals surface area contributed by atoms with Gasteiger partial charge in [0.1, 0.15) is 30.8 Å². The summed E-state index contributed by atoms with van der Waals surface area (Å²) in [5.74, 6) is 1.55. The van der Waals surface area contributed by atoms with Crippen molar-refractivity contribution >= 4 is 11.6 Å². The molecule has 1 saturated heterocycles. The number of piperidine rings is 1. The summed E-state index contributed by atoms with van der Waals surface area (Å²) < 4.78 is 72.3. The Morgan fingerprint density at radius 2 is 1.94 bits per heavy atom. The van der Waals surface area contributed by atoms with Crippen molar-refractivity contribution in [3.05, 3.63) is 39.9 Å². The molecule has 4 heterocycles. The Hall–Kier alpha value is -3.23. The van der Waals surface area contributed by atoms with Crippen LogP contribution in [0.25, 0.3) is 5.78 Å². The van der Waals surface area contributed by atoms with Crippen molar-refractivity contribution in [2.24, 2.45) is 6.98 Å². The number of nitrogens with zero attached hydrogens (tertiary/aromatic N) is 5. The quantitative estimate of drug-likeness (QED) is 0.611. The number of benzene rings is 1. The van der Waals surface area contributed by atoms with Gasteiger partial charge in [-0.25, -0.2) is 13.9 Å². The molecule has 0 radical (unpaired) electrons. The largest absolute Gasteiger partial charge is 0.490 e. The van der Waals surface area contributed by atoms with E-state index in [0.29, 0.717) is 42.2 Å². The molecule has 0 amide bonds. The van der Waals surface area contributed by atoms with E-state index < -0.39 is 25.8 Å². The second-order valence-corrected chi connectivity index (χ2v) is 8.37. The molecule has 0 atom stereocenters. The highest BCUT2D eigenvalue weighted by Crippen LogP contribution is 2.43. The SMILES string of the molecule is [2H]C([2H])([2H])n1nc2nc(N3CCC(Oc4ccc5c(c4)OC([2H])([2H])C([2H])([2H])O5)CC3)c(C)c(C3CC3)n2c1=O. The first kappa shape index (κ1) is 13.3. The first-order valence-corrected chi connectivity index (χ1v) is 10.7. The maximum Gasteiger partial charge on any atom is 0.351 e. The third kappa shape index (κ3) is 3.27. The molecule has 0 bridgehead atoms. The molecule has 3 aliphatic rings. The van der Waals surface area contributed by atoms with Gasteiger partial charge in [-0.3, -0.25) is 0 Å². The normalized spacial score (nSPS) is 25.7. The van der Waals surface area contributed by atoms with Crippen LogP contribution in [0.4, 0.5) is 5.82 Å². The molecule has 0 spiro atoms. The minimum atomic E-state index is -2.70. The van der Waals surface area contributed by atoms with E-state index in [1.165, 1.54) is 16.5 Å². The predicted molar refractivity (Wildman–Crippen MR) is 118 cm³/mol. The van der Waals surface area contributed by atoms with Crippen LogP contribution in [-0.4, -0.2) is 51.5 Å². The second kappa shape index (κ2) is 7.43. The number of aromatic nitrogens is 4. The van der Waals surface area contributed by atoms with Gasteiger partial charge in [-0.1, -0.05) is 0 Å². The van der Waals surface area contributed by atoms with Gasteiger partial charge < -0.3 is 19.1 Å². The smallest absolute Gasteiger partial charge is 0.351 e. The molecule has 32 heavy (non-hydrogen) atoms. The van der Waals surface area contributed by atoms with Crippen LogP contribution in [0, 0.1) is 6.92 Å². The molecule has 168 valence electrons. The molecule has 0 unspecified atom stereocenters. The fraction of sp³-hybridized carbons (Fsp3) is 0.522. The van der Waals surface area contributed by atoms with E-state index in [-0.39, 0.29) is 29.3 Å². The Kier molecular flexibility index (Phi) is 3.10. The average molecular weight is 445 g/mol. The topological polar surface area (TPSA) is 83.1 Å². The van der Waals surface area contributed by atoms with Crippen molar-refractivity contribution in [1.29, 1.82) is 0 Å². The molecule has 1 aromatic carbocycles. The van der Waals surface area contributed by atoms with Crippen molar-refractivity contribution in [3.63, 3.8) is 0 Å². The Bertz CT molecular complexity index is 1510. The molecule has 2 aliphatic heterocycles. The number of ether oxygens (including phenoxy) is 3. The third-order valence-electron chi connectivity index (χ3n) is 6.22. The Balaban J connectivity index is 1.21. The van der Waals surface area contributed by atoms with Crippen LogP contribution in [0.5, 0.6) is 17.2 Å². The molecule has 1 aliphatic carbocycles. The molecular weight excluding hydrogens is 410 g/mol. The fourth-order valence-electron chi connectivity index (χ4n) is 4.51. The van der Waals surface area contributed by atoms with Crippen LogP contribution in [0.1, 0.15) is 52.5 Å². The highest BCUT2D eigenvalue weighted by molar-refractivity contribution is 5.55. The number of fused-ring (bicyclic) bond motifs is 2. The highest BCUT2D eigenvalue weighted by atomic mass is 16.6. The van der Waals surface area contributed by atoms with Gasteiger partial charge >= 0.3 is 5.69 Å².